The van der Waals surface area contributed by atoms with E-state index < -0.39 is 0 Å². The number of ether oxygens (including phenoxy) is 3. The minimum Gasteiger partial charge on any atom is -0.493 e. The van der Waals surface area contributed by atoms with Crippen LogP contribution in [0.5, 0.6) is 17.2 Å². The van der Waals surface area contributed by atoms with Gasteiger partial charge >= 0.3 is 0 Å². The summed E-state index contributed by atoms with van der Waals surface area (Å²) in [6.45, 7) is 4.49. The molecule has 0 radical (unpaired) electrons. The van der Waals surface area contributed by atoms with Gasteiger partial charge in [0.25, 0.3) is 0 Å². The van der Waals surface area contributed by atoms with Gasteiger partial charge in [0.1, 0.15) is 29.4 Å². The van der Waals surface area contributed by atoms with Crippen molar-refractivity contribution in [3.8, 4) is 23.3 Å². The standard InChI is InChI=1S/C22H21NO4/c1-3-25-21-14-18-12-15(2)27-22(18)13-17(21)6-9-20(24)16-4-7-19(8-5-16)26-11-10-23/h4-9,13-15H,3,11-12H2,1-2H3/b9-6+. The second kappa shape index (κ2) is 8.41. The molecule has 0 amide bonds. The maximum absolute atomic E-state index is 12.4. The molecule has 138 valence electrons. The number of rotatable bonds is 7. The molecule has 2 aromatic rings. The molecule has 0 aromatic heterocycles. The predicted molar refractivity (Wildman–Crippen MR) is 102 cm³/mol. The van der Waals surface area contributed by atoms with Crippen molar-refractivity contribution in [2.75, 3.05) is 13.2 Å². The normalized spacial score (nSPS) is 15.1. The fraction of sp³-hybridized carbons (Fsp3) is 0.273. The van der Waals surface area contributed by atoms with E-state index in [1.165, 1.54) is 6.08 Å². The first-order chi connectivity index (χ1) is 13.1. The summed E-state index contributed by atoms with van der Waals surface area (Å²) < 4.78 is 16.7. The van der Waals surface area contributed by atoms with Crippen LogP contribution in [-0.4, -0.2) is 25.1 Å². The number of nitrogens with zero attached hydrogens (tertiary/aromatic N) is 1. The summed E-state index contributed by atoms with van der Waals surface area (Å²) in [6, 6.07) is 12.5. The molecular formula is C22H21NO4. The van der Waals surface area contributed by atoms with Crippen molar-refractivity contribution < 1.29 is 19.0 Å². The van der Waals surface area contributed by atoms with Crippen LogP contribution < -0.4 is 14.2 Å². The molecule has 1 aliphatic rings. The molecule has 1 atom stereocenters. The van der Waals surface area contributed by atoms with Gasteiger partial charge in [0.2, 0.25) is 0 Å². The molecule has 0 aliphatic carbocycles. The topological polar surface area (TPSA) is 68.5 Å². The van der Waals surface area contributed by atoms with Crippen LogP contribution in [0.15, 0.2) is 42.5 Å². The van der Waals surface area contributed by atoms with Crippen LogP contribution in [0.3, 0.4) is 0 Å². The van der Waals surface area contributed by atoms with Gasteiger partial charge in [-0.05, 0) is 62.4 Å². The first-order valence-electron chi connectivity index (χ1n) is 8.89. The third kappa shape index (κ3) is 4.48. The van der Waals surface area contributed by atoms with E-state index in [2.05, 4.69) is 0 Å². The number of allylic oxidation sites excluding steroid dienone is 1. The third-order valence-electron chi connectivity index (χ3n) is 4.18. The van der Waals surface area contributed by atoms with Crippen LogP contribution in [0.25, 0.3) is 6.08 Å². The van der Waals surface area contributed by atoms with Crippen LogP contribution in [0, 0.1) is 11.3 Å². The second-order valence-corrected chi connectivity index (χ2v) is 6.23. The van der Waals surface area contributed by atoms with E-state index in [9.17, 15) is 4.79 Å². The Labute approximate surface area is 158 Å². The molecule has 5 heteroatoms. The molecule has 0 bridgehead atoms. The van der Waals surface area contributed by atoms with Crippen molar-refractivity contribution >= 4 is 11.9 Å². The van der Waals surface area contributed by atoms with E-state index in [1.54, 1.807) is 30.3 Å². The number of hydrogen-bond donors (Lipinski definition) is 0. The van der Waals surface area contributed by atoms with Crippen molar-refractivity contribution in [1.82, 2.24) is 0 Å². The number of nitriles is 1. The highest BCUT2D eigenvalue weighted by Gasteiger charge is 2.21. The molecule has 5 nitrogen and oxygen atoms in total. The highest BCUT2D eigenvalue weighted by molar-refractivity contribution is 6.07. The summed E-state index contributed by atoms with van der Waals surface area (Å²) in [5, 5.41) is 8.52. The molecule has 27 heavy (non-hydrogen) atoms. The number of fused-ring (bicyclic) bond motifs is 1. The highest BCUT2D eigenvalue weighted by atomic mass is 16.5. The molecule has 1 unspecified atom stereocenters. The fourth-order valence-corrected chi connectivity index (χ4v) is 2.96. The van der Waals surface area contributed by atoms with Gasteiger partial charge in [-0.25, -0.2) is 0 Å². The smallest absolute Gasteiger partial charge is 0.185 e. The van der Waals surface area contributed by atoms with Gasteiger partial charge in [0.15, 0.2) is 12.4 Å². The van der Waals surface area contributed by atoms with E-state index in [0.717, 1.165) is 29.0 Å². The van der Waals surface area contributed by atoms with Gasteiger partial charge in [-0.1, -0.05) is 0 Å². The van der Waals surface area contributed by atoms with Crippen LogP contribution in [0.2, 0.25) is 0 Å². The van der Waals surface area contributed by atoms with E-state index in [-0.39, 0.29) is 18.5 Å². The molecule has 0 N–H and O–H groups in total. The summed E-state index contributed by atoms with van der Waals surface area (Å²) in [7, 11) is 0. The highest BCUT2D eigenvalue weighted by Crippen LogP contribution is 2.35. The predicted octanol–water partition coefficient (Wildman–Crippen LogP) is 4.21. The molecule has 0 saturated carbocycles. The Morgan fingerprint density at radius 3 is 2.78 bits per heavy atom. The van der Waals surface area contributed by atoms with E-state index in [1.807, 2.05) is 32.0 Å². The molecule has 1 aliphatic heterocycles. The minimum absolute atomic E-state index is 0.0214. The molecular weight excluding hydrogens is 342 g/mol. The summed E-state index contributed by atoms with van der Waals surface area (Å²) in [5.41, 5.74) is 2.48. The SMILES string of the molecule is CCOc1cc2c(cc1/C=C/C(=O)c1ccc(OCC#N)cc1)OC(C)C2. The molecule has 0 saturated heterocycles. The quantitative estimate of drug-likeness (QED) is 0.544. The maximum atomic E-state index is 12.4. The number of hydrogen-bond acceptors (Lipinski definition) is 5. The molecule has 0 fully saturated rings. The Bertz CT molecular complexity index is 894. The fourth-order valence-electron chi connectivity index (χ4n) is 2.96. The number of ketones is 1. The van der Waals surface area contributed by atoms with Crippen LogP contribution in [0.4, 0.5) is 0 Å². The van der Waals surface area contributed by atoms with Crippen molar-refractivity contribution in [2.24, 2.45) is 0 Å². The van der Waals surface area contributed by atoms with Crippen molar-refractivity contribution in [1.29, 1.82) is 5.26 Å². The lowest BCUT2D eigenvalue weighted by atomic mass is 10.0. The zero-order valence-electron chi connectivity index (χ0n) is 15.4. The Kier molecular flexibility index (Phi) is 5.77. The lowest BCUT2D eigenvalue weighted by Crippen LogP contribution is -2.05. The Balaban J connectivity index is 1.78. The van der Waals surface area contributed by atoms with Crippen LogP contribution >= 0.6 is 0 Å². The van der Waals surface area contributed by atoms with Gasteiger partial charge in [-0.3, -0.25) is 4.79 Å². The summed E-state index contributed by atoms with van der Waals surface area (Å²) in [5.74, 6) is 2.02. The van der Waals surface area contributed by atoms with Crippen molar-refractivity contribution in [3.63, 3.8) is 0 Å². The Hall–Kier alpha value is -3.26. The second-order valence-electron chi connectivity index (χ2n) is 6.23. The zero-order valence-corrected chi connectivity index (χ0v) is 15.4. The molecule has 2 aromatic carbocycles. The Morgan fingerprint density at radius 1 is 1.30 bits per heavy atom. The Morgan fingerprint density at radius 2 is 2.07 bits per heavy atom. The largest absolute Gasteiger partial charge is 0.493 e. The van der Waals surface area contributed by atoms with Crippen molar-refractivity contribution in [2.45, 2.75) is 26.4 Å². The number of benzene rings is 2. The van der Waals surface area contributed by atoms with Gasteiger partial charge in [0.05, 0.1) is 6.61 Å². The van der Waals surface area contributed by atoms with Crippen LogP contribution in [0.1, 0.15) is 35.3 Å². The van der Waals surface area contributed by atoms with E-state index in [4.69, 9.17) is 19.5 Å². The van der Waals surface area contributed by atoms with Gasteiger partial charge in [0, 0.05) is 23.1 Å². The first-order valence-corrected chi connectivity index (χ1v) is 8.89. The average molecular weight is 363 g/mol. The van der Waals surface area contributed by atoms with Crippen LogP contribution in [-0.2, 0) is 6.42 Å². The molecule has 0 spiro atoms. The van der Waals surface area contributed by atoms with Gasteiger partial charge in [-0.2, -0.15) is 5.26 Å². The average Bonchev–Trinajstić information content (AvgIpc) is 3.03. The summed E-state index contributed by atoms with van der Waals surface area (Å²) in [4.78, 5) is 12.4. The number of carbonyl (C=O) groups is 1. The first kappa shape index (κ1) is 18.5. The minimum atomic E-state index is -0.126. The number of carbonyl (C=O) groups excluding carboxylic acids is 1. The third-order valence-corrected chi connectivity index (χ3v) is 4.18. The lowest BCUT2D eigenvalue weighted by Gasteiger charge is -2.10. The summed E-state index contributed by atoms with van der Waals surface area (Å²) in [6.07, 6.45) is 4.28. The molecule has 3 rings (SSSR count). The zero-order chi connectivity index (χ0) is 19.2. The summed E-state index contributed by atoms with van der Waals surface area (Å²) >= 11 is 0. The van der Waals surface area contributed by atoms with E-state index >= 15 is 0 Å². The monoisotopic (exact) mass is 363 g/mol. The lowest BCUT2D eigenvalue weighted by molar-refractivity contribution is 0.104. The van der Waals surface area contributed by atoms with E-state index in [0.29, 0.717) is 17.9 Å². The van der Waals surface area contributed by atoms with Crippen molar-refractivity contribution in [3.05, 3.63) is 59.2 Å². The molecule has 1 heterocycles. The van der Waals surface area contributed by atoms with Gasteiger partial charge < -0.3 is 14.2 Å². The maximum Gasteiger partial charge on any atom is 0.185 e. The van der Waals surface area contributed by atoms with Gasteiger partial charge in [-0.15, -0.1) is 0 Å².